The van der Waals surface area contributed by atoms with Gasteiger partial charge in [0.15, 0.2) is 0 Å². The van der Waals surface area contributed by atoms with E-state index in [9.17, 15) is 0 Å². The van der Waals surface area contributed by atoms with Gasteiger partial charge in [0.2, 0.25) is 0 Å². The predicted octanol–water partition coefficient (Wildman–Crippen LogP) is 6.89. The Morgan fingerprint density at radius 1 is 0.600 bits per heavy atom. The number of nitrogens with zero attached hydrogens (tertiary/aromatic N) is 2. The van der Waals surface area contributed by atoms with Crippen molar-refractivity contribution in [3.63, 3.8) is 0 Å². The van der Waals surface area contributed by atoms with Gasteiger partial charge in [-0.05, 0) is 12.1 Å². The maximum absolute atomic E-state index is 4.22. The summed E-state index contributed by atoms with van der Waals surface area (Å²) >= 11 is 0. The summed E-state index contributed by atoms with van der Waals surface area (Å²) < 4.78 is 0. The smallest absolute Gasteiger partial charge is 0.214 e. The summed E-state index contributed by atoms with van der Waals surface area (Å²) in [6.07, 6.45) is 0. The molecule has 0 bridgehead atoms. The molecule has 0 aliphatic rings. The Labute approximate surface area is 159 Å². The fourth-order valence-electron chi connectivity index (χ4n) is 2.22. The number of hydrogen-bond acceptors (Lipinski definition) is 2. The summed E-state index contributed by atoms with van der Waals surface area (Å²) in [5.74, 6) is 0. The molecule has 4 aromatic rings. The molecule has 0 atom stereocenters. The molecule has 0 N–H and O–H groups in total. The number of azo groups is 1. The first kappa shape index (κ1) is 18.6. The minimum absolute atomic E-state index is 0. The summed E-state index contributed by atoms with van der Waals surface area (Å²) in [5.41, 5.74) is 4.15. The number of hydrogen-bond donors (Lipinski definition) is 0. The Kier molecular flexibility index (Phi) is 7.58. The largest absolute Gasteiger partial charge is 2.00 e. The Morgan fingerprint density at radius 2 is 1.16 bits per heavy atom. The molecule has 4 rings (SSSR count). The van der Waals surface area contributed by atoms with Gasteiger partial charge in [0.1, 0.15) is 0 Å². The second-order valence-electron chi connectivity index (χ2n) is 5.22. The van der Waals surface area contributed by atoms with Crippen LogP contribution in [0.3, 0.4) is 0 Å². The molecule has 0 heterocycles. The predicted molar refractivity (Wildman–Crippen MR) is 100 cm³/mol. The Hall–Kier alpha value is -2.74. The topological polar surface area (TPSA) is 24.7 Å². The quantitative estimate of drug-likeness (QED) is 0.214. The van der Waals surface area contributed by atoms with Gasteiger partial charge in [-0.1, -0.05) is 35.9 Å². The van der Waals surface area contributed by atoms with E-state index in [4.69, 9.17) is 0 Å². The van der Waals surface area contributed by atoms with Gasteiger partial charge in [-0.3, -0.25) is 0 Å². The Morgan fingerprint density at radius 3 is 1.68 bits per heavy atom. The van der Waals surface area contributed by atoms with Crippen LogP contribution in [-0.2, 0) is 17.1 Å². The first-order valence-electron chi connectivity index (χ1n) is 7.87. The molecule has 0 unspecified atom stereocenters. The van der Waals surface area contributed by atoms with Crippen molar-refractivity contribution in [3.05, 3.63) is 109 Å². The SMILES string of the molecule is [Fe+2].c1cc[cH-]c1.c1ccc(N=Nc2ccc(-[c-]3cccc3)cc2)cc1. The van der Waals surface area contributed by atoms with Crippen LogP contribution in [0.2, 0.25) is 0 Å². The van der Waals surface area contributed by atoms with Crippen molar-refractivity contribution in [1.29, 1.82) is 0 Å². The van der Waals surface area contributed by atoms with Crippen molar-refractivity contribution < 1.29 is 17.1 Å². The van der Waals surface area contributed by atoms with E-state index >= 15 is 0 Å². The van der Waals surface area contributed by atoms with Crippen LogP contribution in [-0.4, -0.2) is 0 Å². The van der Waals surface area contributed by atoms with E-state index < -0.39 is 0 Å². The van der Waals surface area contributed by atoms with E-state index in [1.54, 1.807) is 0 Å². The van der Waals surface area contributed by atoms with Crippen molar-refractivity contribution in [3.8, 4) is 11.1 Å². The summed E-state index contributed by atoms with van der Waals surface area (Å²) in [4.78, 5) is 0. The van der Waals surface area contributed by atoms with Crippen molar-refractivity contribution in [2.45, 2.75) is 0 Å². The van der Waals surface area contributed by atoms with E-state index in [0.717, 1.165) is 11.4 Å². The fourth-order valence-corrected chi connectivity index (χ4v) is 2.22. The van der Waals surface area contributed by atoms with Crippen LogP contribution < -0.4 is 0 Å². The average molecular weight is 366 g/mol. The normalized spacial score (nSPS) is 9.92. The average Bonchev–Trinajstić information content (AvgIpc) is 3.37. The van der Waals surface area contributed by atoms with Gasteiger partial charge in [0.05, 0.1) is 11.4 Å². The van der Waals surface area contributed by atoms with Crippen molar-refractivity contribution in [2.75, 3.05) is 0 Å². The van der Waals surface area contributed by atoms with Crippen molar-refractivity contribution in [1.82, 2.24) is 0 Å². The fraction of sp³-hybridized carbons (Fsp3) is 0. The van der Waals surface area contributed by atoms with Gasteiger partial charge < -0.3 is 0 Å². The number of rotatable bonds is 3. The van der Waals surface area contributed by atoms with E-state index in [1.807, 2.05) is 84.9 Å². The van der Waals surface area contributed by atoms with Crippen LogP contribution in [0.1, 0.15) is 0 Å². The van der Waals surface area contributed by atoms with E-state index in [2.05, 4.69) is 34.5 Å². The summed E-state index contributed by atoms with van der Waals surface area (Å²) in [6, 6.07) is 36.1. The molecule has 2 nitrogen and oxygen atoms in total. The summed E-state index contributed by atoms with van der Waals surface area (Å²) in [5, 5.41) is 8.42. The van der Waals surface area contributed by atoms with Gasteiger partial charge in [0.25, 0.3) is 0 Å². The minimum atomic E-state index is 0. The summed E-state index contributed by atoms with van der Waals surface area (Å²) in [6.45, 7) is 0. The van der Waals surface area contributed by atoms with Crippen LogP contribution in [0.4, 0.5) is 11.4 Å². The molecule has 25 heavy (non-hydrogen) atoms. The van der Waals surface area contributed by atoms with E-state index in [1.165, 1.54) is 11.1 Å². The van der Waals surface area contributed by atoms with Gasteiger partial charge in [-0.25, -0.2) is 12.1 Å². The van der Waals surface area contributed by atoms with Crippen LogP contribution in [0, 0.1) is 0 Å². The Bertz CT molecular complexity index is 814. The molecular formula is C22H18FeN2. The zero-order valence-electron chi connectivity index (χ0n) is 13.6. The van der Waals surface area contributed by atoms with Gasteiger partial charge in [0, 0.05) is 0 Å². The maximum Gasteiger partial charge on any atom is 2.00 e. The molecule has 0 spiro atoms. The van der Waals surface area contributed by atoms with Crippen LogP contribution in [0.15, 0.2) is 119 Å². The second-order valence-corrected chi connectivity index (χ2v) is 5.22. The molecule has 124 valence electrons. The Balaban J connectivity index is 0.000000325. The molecule has 0 radical (unpaired) electrons. The van der Waals surface area contributed by atoms with E-state index in [0.29, 0.717) is 0 Å². The zero-order valence-corrected chi connectivity index (χ0v) is 14.7. The molecular weight excluding hydrogens is 348 g/mol. The maximum atomic E-state index is 4.22. The standard InChI is InChI=1S/C17H13N2.C5H5.Fe/c1-2-8-16(9-3-1)18-19-17-12-10-15(11-13-17)14-6-4-5-7-14;1-2-4-5-3-1;/h1-13H;1-5H;/q2*-1;+2. The second kappa shape index (κ2) is 10.2. The van der Waals surface area contributed by atoms with Crippen LogP contribution >= 0.6 is 0 Å². The molecule has 0 aliphatic carbocycles. The minimum Gasteiger partial charge on any atom is -0.214 e. The van der Waals surface area contributed by atoms with Crippen molar-refractivity contribution >= 4 is 11.4 Å². The molecule has 4 aromatic carbocycles. The third-order valence-corrected chi connectivity index (χ3v) is 3.46. The molecule has 0 saturated heterocycles. The zero-order chi connectivity index (χ0) is 16.5. The van der Waals surface area contributed by atoms with E-state index in [-0.39, 0.29) is 17.1 Å². The van der Waals surface area contributed by atoms with Gasteiger partial charge in [-0.15, -0.1) is 29.8 Å². The third-order valence-electron chi connectivity index (χ3n) is 3.46. The summed E-state index contributed by atoms with van der Waals surface area (Å²) in [7, 11) is 0. The van der Waals surface area contributed by atoms with Crippen molar-refractivity contribution in [2.24, 2.45) is 10.2 Å². The first-order chi connectivity index (χ1) is 11.9. The molecule has 0 amide bonds. The first-order valence-corrected chi connectivity index (χ1v) is 7.87. The molecule has 0 saturated carbocycles. The van der Waals surface area contributed by atoms with Crippen LogP contribution in [0.5, 0.6) is 0 Å². The number of benzene rings is 2. The molecule has 3 heteroatoms. The molecule has 0 aromatic heterocycles. The molecule has 0 aliphatic heterocycles. The van der Waals surface area contributed by atoms with Gasteiger partial charge in [-0.2, -0.15) is 40.6 Å². The van der Waals surface area contributed by atoms with Gasteiger partial charge >= 0.3 is 17.1 Å². The van der Waals surface area contributed by atoms with Crippen LogP contribution in [0.25, 0.3) is 11.1 Å². The third kappa shape index (κ3) is 6.00. The molecule has 0 fully saturated rings. The monoisotopic (exact) mass is 366 g/mol.